The second kappa shape index (κ2) is 7.01. The Balaban J connectivity index is 0.000000184. The molecule has 0 aliphatic rings. The molecule has 2 N–H and O–H groups in total. The number of thioether (sulfide) groups is 1. The van der Waals surface area contributed by atoms with Crippen molar-refractivity contribution >= 4 is 17.4 Å². The third kappa shape index (κ3) is 4.37. The molecule has 0 bridgehead atoms. The first kappa shape index (κ1) is 14.5. The fraction of sp³-hybridized carbons (Fsp3) is 0.143. The van der Waals surface area contributed by atoms with Gasteiger partial charge in [-0.3, -0.25) is 0 Å². The number of anilines is 1. The fourth-order valence-corrected chi connectivity index (χ4v) is 1.65. The van der Waals surface area contributed by atoms with Crippen molar-refractivity contribution in [2.75, 3.05) is 12.0 Å². The highest BCUT2D eigenvalue weighted by Gasteiger charge is 2.03. The van der Waals surface area contributed by atoms with Crippen LogP contribution in [0.5, 0.6) is 0 Å². The molecule has 0 unspecified atom stereocenters. The third-order valence-corrected chi connectivity index (χ3v) is 3.03. The van der Waals surface area contributed by atoms with Gasteiger partial charge in [0.2, 0.25) is 0 Å². The Bertz CT molecular complexity index is 477. The van der Waals surface area contributed by atoms with Crippen LogP contribution in [0.25, 0.3) is 0 Å². The highest BCUT2D eigenvalue weighted by Crippen LogP contribution is 2.14. The lowest BCUT2D eigenvalue weighted by Crippen LogP contribution is -1.92. The van der Waals surface area contributed by atoms with E-state index in [4.69, 9.17) is 5.73 Å². The summed E-state index contributed by atoms with van der Waals surface area (Å²) in [6.45, 7) is 1.37. The maximum atomic E-state index is 12.5. The van der Waals surface area contributed by atoms with Crippen molar-refractivity contribution in [3.8, 4) is 0 Å². The zero-order chi connectivity index (χ0) is 13.5. The molecule has 2 aromatic rings. The molecular formula is C14H15F2NS. The minimum atomic E-state index is -0.600. The Morgan fingerprint density at radius 1 is 1.00 bits per heavy atom. The van der Waals surface area contributed by atoms with Crippen molar-refractivity contribution < 1.29 is 8.78 Å². The van der Waals surface area contributed by atoms with E-state index in [0.717, 1.165) is 12.1 Å². The zero-order valence-corrected chi connectivity index (χ0v) is 11.1. The molecule has 96 valence electrons. The summed E-state index contributed by atoms with van der Waals surface area (Å²) in [5, 5.41) is 0. The van der Waals surface area contributed by atoms with E-state index in [2.05, 4.69) is 18.4 Å². The second-order valence-corrected chi connectivity index (χ2v) is 4.51. The van der Waals surface area contributed by atoms with E-state index in [1.54, 1.807) is 11.8 Å². The van der Waals surface area contributed by atoms with Crippen LogP contribution in [-0.2, 0) is 0 Å². The van der Waals surface area contributed by atoms with E-state index in [1.165, 1.54) is 11.8 Å². The molecule has 0 aliphatic heterocycles. The van der Waals surface area contributed by atoms with Crippen LogP contribution in [0.3, 0.4) is 0 Å². The maximum absolute atomic E-state index is 12.5. The molecule has 2 rings (SSSR count). The van der Waals surface area contributed by atoms with Crippen LogP contribution >= 0.6 is 11.8 Å². The van der Waals surface area contributed by atoms with Crippen LogP contribution in [-0.4, -0.2) is 6.26 Å². The Labute approximate surface area is 110 Å². The Hall–Kier alpha value is -1.55. The van der Waals surface area contributed by atoms with Crippen molar-refractivity contribution in [2.45, 2.75) is 11.8 Å². The summed E-state index contributed by atoms with van der Waals surface area (Å²) in [6.07, 6.45) is 2.08. The first-order chi connectivity index (χ1) is 8.54. The molecule has 0 saturated carbocycles. The van der Waals surface area contributed by atoms with Gasteiger partial charge >= 0.3 is 0 Å². The smallest absolute Gasteiger partial charge is 0.131 e. The molecular weight excluding hydrogens is 252 g/mol. The van der Waals surface area contributed by atoms with Crippen molar-refractivity contribution in [1.29, 1.82) is 0 Å². The largest absolute Gasteiger partial charge is 0.399 e. The van der Waals surface area contributed by atoms with Crippen molar-refractivity contribution in [1.82, 2.24) is 0 Å². The van der Waals surface area contributed by atoms with Gasteiger partial charge < -0.3 is 5.73 Å². The highest BCUT2D eigenvalue weighted by molar-refractivity contribution is 7.98. The quantitative estimate of drug-likeness (QED) is 0.617. The molecule has 0 heterocycles. The Morgan fingerprint density at radius 2 is 1.50 bits per heavy atom. The molecule has 0 amide bonds. The van der Waals surface area contributed by atoms with Gasteiger partial charge in [0.05, 0.1) is 0 Å². The molecule has 0 radical (unpaired) electrons. The van der Waals surface area contributed by atoms with Gasteiger partial charge in [0.1, 0.15) is 11.6 Å². The van der Waals surface area contributed by atoms with E-state index in [1.807, 2.05) is 18.2 Å². The van der Waals surface area contributed by atoms with E-state index >= 15 is 0 Å². The number of halogens is 2. The second-order valence-electron chi connectivity index (χ2n) is 3.63. The number of hydrogen-bond acceptors (Lipinski definition) is 2. The predicted molar refractivity (Wildman–Crippen MR) is 73.7 cm³/mol. The molecule has 0 aliphatic carbocycles. The van der Waals surface area contributed by atoms with Crippen LogP contribution < -0.4 is 5.73 Å². The normalized spacial score (nSPS) is 9.56. The number of hydrogen-bond donors (Lipinski definition) is 1. The summed E-state index contributed by atoms with van der Waals surface area (Å²) in [4.78, 5) is 1.33. The van der Waals surface area contributed by atoms with Gasteiger partial charge in [0, 0.05) is 16.1 Å². The van der Waals surface area contributed by atoms with Crippen molar-refractivity contribution in [3.63, 3.8) is 0 Å². The van der Waals surface area contributed by atoms with Gasteiger partial charge in [-0.1, -0.05) is 18.2 Å². The molecule has 4 heteroatoms. The third-order valence-electron chi connectivity index (χ3n) is 2.28. The average molecular weight is 267 g/mol. The van der Waals surface area contributed by atoms with Crippen molar-refractivity contribution in [2.24, 2.45) is 0 Å². The Morgan fingerprint density at radius 3 is 1.89 bits per heavy atom. The van der Waals surface area contributed by atoms with Gasteiger partial charge in [-0.2, -0.15) is 0 Å². The predicted octanol–water partition coefficient (Wildman–Crippen LogP) is 4.26. The minimum Gasteiger partial charge on any atom is -0.399 e. The van der Waals surface area contributed by atoms with Crippen LogP contribution in [0.1, 0.15) is 5.56 Å². The number of benzene rings is 2. The van der Waals surface area contributed by atoms with Gasteiger partial charge in [-0.25, -0.2) is 8.78 Å². The van der Waals surface area contributed by atoms with E-state index in [0.29, 0.717) is 0 Å². The maximum Gasteiger partial charge on any atom is 0.131 e. The van der Waals surface area contributed by atoms with Gasteiger partial charge in [0.25, 0.3) is 0 Å². The van der Waals surface area contributed by atoms with Crippen LogP contribution in [0.4, 0.5) is 14.5 Å². The van der Waals surface area contributed by atoms with Crippen LogP contribution in [0.15, 0.2) is 47.4 Å². The lowest BCUT2D eigenvalue weighted by Gasteiger charge is -1.98. The summed E-state index contributed by atoms with van der Waals surface area (Å²) in [5.74, 6) is -1.20. The lowest BCUT2D eigenvalue weighted by molar-refractivity contribution is 0.569. The molecule has 0 fully saturated rings. The van der Waals surface area contributed by atoms with Crippen LogP contribution in [0, 0.1) is 18.6 Å². The summed E-state index contributed by atoms with van der Waals surface area (Å²) in [6, 6.07) is 12.5. The van der Waals surface area contributed by atoms with Gasteiger partial charge in [0.15, 0.2) is 0 Å². The number of rotatable bonds is 1. The molecule has 0 spiro atoms. The molecule has 0 atom stereocenters. The van der Waals surface area contributed by atoms with E-state index < -0.39 is 11.6 Å². The molecule has 18 heavy (non-hydrogen) atoms. The monoisotopic (exact) mass is 267 g/mol. The molecule has 0 saturated heterocycles. The zero-order valence-electron chi connectivity index (χ0n) is 10.3. The summed E-state index contributed by atoms with van der Waals surface area (Å²) in [7, 11) is 0. The van der Waals surface area contributed by atoms with E-state index in [-0.39, 0.29) is 11.3 Å². The summed E-state index contributed by atoms with van der Waals surface area (Å²) >= 11 is 1.77. The number of nitrogens with two attached hydrogens (primary N) is 1. The molecule has 2 aromatic carbocycles. The average Bonchev–Trinajstić information content (AvgIpc) is 2.37. The number of nitrogen functional groups attached to an aromatic ring is 1. The molecule has 1 nitrogen and oxygen atoms in total. The summed E-state index contributed by atoms with van der Waals surface area (Å²) < 4.78 is 25.0. The van der Waals surface area contributed by atoms with E-state index in [9.17, 15) is 8.78 Å². The van der Waals surface area contributed by atoms with Crippen molar-refractivity contribution in [3.05, 3.63) is 59.7 Å². The molecule has 0 aromatic heterocycles. The minimum absolute atomic E-state index is 0.00852. The standard InChI is InChI=1S/C7H7F2N.C7H8S/c1-4-6(8)2-5(10)3-7(4)9;1-8-7-5-3-2-4-6-7/h2-3H,10H2,1H3;2-6H,1H3. The lowest BCUT2D eigenvalue weighted by atomic mass is 10.2. The Kier molecular flexibility index (Phi) is 5.65. The first-order valence-corrected chi connectivity index (χ1v) is 6.57. The summed E-state index contributed by atoms with van der Waals surface area (Å²) in [5.41, 5.74) is 5.27. The highest BCUT2D eigenvalue weighted by atomic mass is 32.2. The van der Waals surface area contributed by atoms with Gasteiger partial charge in [-0.15, -0.1) is 11.8 Å². The fourth-order valence-electron chi connectivity index (χ4n) is 1.22. The topological polar surface area (TPSA) is 26.0 Å². The first-order valence-electron chi connectivity index (χ1n) is 5.34. The van der Waals surface area contributed by atoms with Crippen LogP contribution in [0.2, 0.25) is 0 Å². The SMILES string of the molecule is CSc1ccccc1.Cc1c(F)cc(N)cc1F. The van der Waals surface area contributed by atoms with Gasteiger partial charge in [-0.05, 0) is 37.4 Å².